The topological polar surface area (TPSA) is 55.0 Å². The van der Waals surface area contributed by atoms with Crippen molar-refractivity contribution in [1.29, 1.82) is 0 Å². The van der Waals surface area contributed by atoms with Crippen molar-refractivity contribution in [2.45, 2.75) is 31.6 Å². The summed E-state index contributed by atoms with van der Waals surface area (Å²) in [6.07, 6.45) is 7.00. The smallest absolute Gasteiger partial charge is 0.227 e. The van der Waals surface area contributed by atoms with Crippen molar-refractivity contribution < 1.29 is 0 Å². The Morgan fingerprint density at radius 2 is 1.87 bits per heavy atom. The molecule has 0 spiro atoms. The predicted molar refractivity (Wildman–Crippen MR) is 93.3 cm³/mol. The quantitative estimate of drug-likeness (QED) is 0.939. The van der Waals surface area contributed by atoms with Crippen molar-refractivity contribution in [3.63, 3.8) is 0 Å². The number of anilines is 2. The van der Waals surface area contributed by atoms with Crippen LogP contribution in [0.15, 0.2) is 42.6 Å². The number of piperidine rings is 1. The van der Waals surface area contributed by atoms with Crippen molar-refractivity contribution in [2.24, 2.45) is 11.8 Å². The lowest BCUT2D eigenvalue weighted by Crippen LogP contribution is -2.35. The molecular weight excluding hydrogens is 284 g/mol. The summed E-state index contributed by atoms with van der Waals surface area (Å²) >= 11 is 0. The molecule has 1 aromatic heterocycles. The Labute approximate surface area is 137 Å². The molecule has 0 bridgehead atoms. The highest BCUT2D eigenvalue weighted by atomic mass is 15.3. The van der Waals surface area contributed by atoms with Crippen molar-refractivity contribution in [3.8, 4) is 0 Å². The van der Waals surface area contributed by atoms with E-state index in [9.17, 15) is 0 Å². The SMILES string of the molecule is Nc1ccnc(N2CCC(C[C@@H]3C[C@H]3c3ccccc3)CC2)n1. The van der Waals surface area contributed by atoms with Crippen LogP contribution >= 0.6 is 0 Å². The van der Waals surface area contributed by atoms with Gasteiger partial charge in [0.15, 0.2) is 0 Å². The number of benzene rings is 1. The second kappa shape index (κ2) is 6.19. The van der Waals surface area contributed by atoms with Gasteiger partial charge in [-0.2, -0.15) is 4.98 Å². The lowest BCUT2D eigenvalue weighted by atomic mass is 9.90. The van der Waals surface area contributed by atoms with Crippen LogP contribution in [-0.4, -0.2) is 23.1 Å². The average Bonchev–Trinajstić information content (AvgIpc) is 3.36. The summed E-state index contributed by atoms with van der Waals surface area (Å²) < 4.78 is 0. The van der Waals surface area contributed by atoms with Gasteiger partial charge in [0.2, 0.25) is 5.95 Å². The van der Waals surface area contributed by atoms with E-state index in [0.717, 1.165) is 36.8 Å². The van der Waals surface area contributed by atoms with Gasteiger partial charge in [-0.3, -0.25) is 0 Å². The first kappa shape index (κ1) is 14.5. The van der Waals surface area contributed by atoms with Gasteiger partial charge in [-0.25, -0.2) is 4.98 Å². The molecule has 2 heterocycles. The van der Waals surface area contributed by atoms with Crippen molar-refractivity contribution >= 4 is 11.8 Å². The van der Waals surface area contributed by atoms with Crippen LogP contribution in [0.4, 0.5) is 11.8 Å². The van der Waals surface area contributed by atoms with Gasteiger partial charge >= 0.3 is 0 Å². The zero-order valence-corrected chi connectivity index (χ0v) is 13.4. The molecule has 2 fully saturated rings. The Morgan fingerprint density at radius 3 is 2.61 bits per heavy atom. The zero-order chi connectivity index (χ0) is 15.6. The summed E-state index contributed by atoms with van der Waals surface area (Å²) in [7, 11) is 0. The monoisotopic (exact) mass is 308 g/mol. The fourth-order valence-electron chi connectivity index (χ4n) is 3.93. The Morgan fingerprint density at radius 1 is 1.09 bits per heavy atom. The number of nitrogens with two attached hydrogens (primary N) is 1. The molecule has 120 valence electrons. The summed E-state index contributed by atoms with van der Waals surface area (Å²) in [5, 5.41) is 0. The van der Waals surface area contributed by atoms with Crippen LogP contribution < -0.4 is 10.6 Å². The van der Waals surface area contributed by atoms with Crippen LogP contribution in [0.1, 0.15) is 37.2 Å². The second-order valence-electron chi connectivity index (χ2n) is 6.96. The molecule has 0 radical (unpaired) electrons. The fourth-order valence-corrected chi connectivity index (χ4v) is 3.93. The van der Waals surface area contributed by atoms with E-state index in [-0.39, 0.29) is 0 Å². The van der Waals surface area contributed by atoms with Crippen molar-refractivity contribution in [2.75, 3.05) is 23.7 Å². The lowest BCUT2D eigenvalue weighted by Gasteiger charge is -2.32. The number of hydrogen-bond acceptors (Lipinski definition) is 4. The summed E-state index contributed by atoms with van der Waals surface area (Å²) in [6, 6.07) is 12.7. The lowest BCUT2D eigenvalue weighted by molar-refractivity contribution is 0.360. The third-order valence-corrected chi connectivity index (χ3v) is 5.35. The van der Waals surface area contributed by atoms with E-state index >= 15 is 0 Å². The normalized spacial score (nSPS) is 24.6. The molecule has 2 aromatic rings. The fraction of sp³-hybridized carbons (Fsp3) is 0.474. The molecule has 4 heteroatoms. The van der Waals surface area contributed by atoms with E-state index in [1.165, 1.54) is 31.2 Å². The first-order valence-electron chi connectivity index (χ1n) is 8.68. The summed E-state index contributed by atoms with van der Waals surface area (Å²) in [4.78, 5) is 11.0. The van der Waals surface area contributed by atoms with Gasteiger partial charge in [0.1, 0.15) is 5.82 Å². The van der Waals surface area contributed by atoms with Gasteiger partial charge in [0.25, 0.3) is 0 Å². The molecule has 0 amide bonds. The molecule has 1 saturated carbocycles. The summed E-state index contributed by atoms with van der Waals surface area (Å²) in [5.74, 6) is 3.91. The summed E-state index contributed by atoms with van der Waals surface area (Å²) in [5.41, 5.74) is 7.29. The zero-order valence-electron chi connectivity index (χ0n) is 13.4. The predicted octanol–water partition coefficient (Wildman–Crippen LogP) is 3.47. The van der Waals surface area contributed by atoms with Gasteiger partial charge in [0, 0.05) is 19.3 Å². The molecule has 0 unspecified atom stereocenters. The van der Waals surface area contributed by atoms with Gasteiger partial charge in [0.05, 0.1) is 0 Å². The van der Waals surface area contributed by atoms with E-state index in [2.05, 4.69) is 45.2 Å². The Balaban J connectivity index is 1.28. The molecule has 1 aliphatic heterocycles. The van der Waals surface area contributed by atoms with Crippen LogP contribution in [0.2, 0.25) is 0 Å². The highest BCUT2D eigenvalue weighted by molar-refractivity contribution is 5.38. The molecule has 1 aromatic carbocycles. The molecule has 2 atom stereocenters. The van der Waals surface area contributed by atoms with Crippen molar-refractivity contribution in [3.05, 3.63) is 48.2 Å². The molecule has 4 rings (SSSR count). The number of rotatable bonds is 4. The van der Waals surface area contributed by atoms with Crippen LogP contribution in [-0.2, 0) is 0 Å². The van der Waals surface area contributed by atoms with Gasteiger partial charge in [-0.1, -0.05) is 30.3 Å². The standard InChI is InChI=1S/C19H24N4/c20-18-6-9-21-19(22-18)23-10-7-14(8-11-23)12-16-13-17(16)15-4-2-1-3-5-15/h1-6,9,14,16-17H,7-8,10-13H2,(H2,20,21,22)/t16-,17+/m1/s1. The minimum Gasteiger partial charge on any atom is -0.384 e. The minimum absolute atomic E-state index is 0.556. The van der Waals surface area contributed by atoms with Crippen molar-refractivity contribution in [1.82, 2.24) is 9.97 Å². The largest absolute Gasteiger partial charge is 0.384 e. The van der Waals surface area contributed by atoms with E-state index in [0.29, 0.717) is 5.82 Å². The summed E-state index contributed by atoms with van der Waals surface area (Å²) in [6.45, 7) is 2.10. The maximum Gasteiger partial charge on any atom is 0.227 e. The number of aromatic nitrogens is 2. The van der Waals surface area contributed by atoms with E-state index in [4.69, 9.17) is 5.73 Å². The van der Waals surface area contributed by atoms with Crippen LogP contribution in [0, 0.1) is 11.8 Å². The first-order chi connectivity index (χ1) is 11.3. The molecule has 4 nitrogen and oxygen atoms in total. The third-order valence-electron chi connectivity index (χ3n) is 5.35. The average molecular weight is 308 g/mol. The Kier molecular flexibility index (Phi) is 3.90. The maximum atomic E-state index is 5.76. The molecule has 2 N–H and O–H groups in total. The third kappa shape index (κ3) is 3.31. The molecule has 2 aliphatic rings. The number of nitrogens with zero attached hydrogens (tertiary/aromatic N) is 3. The van der Waals surface area contributed by atoms with Crippen LogP contribution in [0.5, 0.6) is 0 Å². The second-order valence-corrected chi connectivity index (χ2v) is 6.96. The first-order valence-corrected chi connectivity index (χ1v) is 8.68. The highest BCUT2D eigenvalue weighted by Gasteiger charge is 2.39. The van der Waals surface area contributed by atoms with Crippen LogP contribution in [0.25, 0.3) is 0 Å². The highest BCUT2D eigenvalue weighted by Crippen LogP contribution is 2.51. The maximum absolute atomic E-state index is 5.76. The van der Waals surface area contributed by atoms with Gasteiger partial charge < -0.3 is 10.6 Å². The van der Waals surface area contributed by atoms with E-state index in [1.807, 2.05) is 0 Å². The van der Waals surface area contributed by atoms with Gasteiger partial charge in [-0.15, -0.1) is 0 Å². The van der Waals surface area contributed by atoms with Crippen LogP contribution in [0.3, 0.4) is 0 Å². The van der Waals surface area contributed by atoms with E-state index in [1.54, 1.807) is 12.3 Å². The van der Waals surface area contributed by atoms with Gasteiger partial charge in [-0.05, 0) is 55.1 Å². The van der Waals surface area contributed by atoms with E-state index < -0.39 is 0 Å². The molecular formula is C19H24N4. The number of nitrogen functional groups attached to an aromatic ring is 1. The minimum atomic E-state index is 0.556. The molecule has 23 heavy (non-hydrogen) atoms. The molecule has 1 saturated heterocycles. The number of hydrogen-bond donors (Lipinski definition) is 1. The Hall–Kier alpha value is -2.10. The molecule has 1 aliphatic carbocycles. The Bertz CT molecular complexity index is 649.